The molecule has 2 fully saturated rings. The summed E-state index contributed by atoms with van der Waals surface area (Å²) in [6.07, 6.45) is 10.1. The molecule has 6 rings (SSSR count). The summed E-state index contributed by atoms with van der Waals surface area (Å²) in [5.41, 5.74) is 5.98. The molecule has 0 unspecified atom stereocenters. The maximum atomic E-state index is 13.2. The highest BCUT2D eigenvalue weighted by molar-refractivity contribution is 5.99. The van der Waals surface area contributed by atoms with Gasteiger partial charge in [0.1, 0.15) is 0 Å². The van der Waals surface area contributed by atoms with Gasteiger partial charge in [-0.1, -0.05) is 49.6 Å². The molecule has 2 aromatic carbocycles. The Labute approximate surface area is 208 Å². The van der Waals surface area contributed by atoms with Crippen molar-refractivity contribution in [1.29, 1.82) is 0 Å². The van der Waals surface area contributed by atoms with E-state index in [0.717, 1.165) is 69.1 Å². The van der Waals surface area contributed by atoms with Crippen molar-refractivity contribution in [3.63, 3.8) is 0 Å². The van der Waals surface area contributed by atoms with Crippen LogP contribution in [0, 0.1) is 0 Å². The van der Waals surface area contributed by atoms with Crippen molar-refractivity contribution in [2.75, 3.05) is 19.6 Å². The predicted molar refractivity (Wildman–Crippen MR) is 141 cm³/mol. The summed E-state index contributed by atoms with van der Waals surface area (Å²) in [5, 5.41) is 4.56. The zero-order chi connectivity index (χ0) is 23.6. The van der Waals surface area contributed by atoms with Crippen LogP contribution in [0.3, 0.4) is 0 Å². The molecule has 1 aromatic heterocycles. The number of rotatable bonds is 5. The minimum Gasteiger partial charge on any atom is -0.358 e. The molecule has 0 radical (unpaired) electrons. The highest BCUT2D eigenvalue weighted by Crippen LogP contribution is 2.30. The second-order valence-corrected chi connectivity index (χ2v) is 10.9. The third-order valence-electron chi connectivity index (χ3n) is 8.52. The van der Waals surface area contributed by atoms with Crippen molar-refractivity contribution >= 4 is 16.8 Å². The Balaban J connectivity index is 1.11. The average Bonchev–Trinajstić information content (AvgIpc) is 3.27. The highest BCUT2D eigenvalue weighted by Gasteiger charge is 2.27. The van der Waals surface area contributed by atoms with Gasteiger partial charge in [0, 0.05) is 73.4 Å². The van der Waals surface area contributed by atoms with Gasteiger partial charge in [0.2, 0.25) is 0 Å². The number of amides is 1. The van der Waals surface area contributed by atoms with Crippen LogP contribution >= 0.6 is 0 Å². The lowest BCUT2D eigenvalue weighted by Gasteiger charge is -2.39. The largest absolute Gasteiger partial charge is 0.358 e. The van der Waals surface area contributed by atoms with Crippen molar-refractivity contribution in [2.24, 2.45) is 0 Å². The van der Waals surface area contributed by atoms with Gasteiger partial charge in [-0.2, -0.15) is 0 Å². The van der Waals surface area contributed by atoms with E-state index in [4.69, 9.17) is 0 Å². The Morgan fingerprint density at radius 1 is 0.943 bits per heavy atom. The van der Waals surface area contributed by atoms with Gasteiger partial charge in [-0.25, -0.2) is 0 Å². The van der Waals surface area contributed by atoms with Crippen LogP contribution in [0.25, 0.3) is 10.9 Å². The molecule has 3 aromatic rings. The van der Waals surface area contributed by atoms with Crippen molar-refractivity contribution in [2.45, 2.75) is 76.5 Å². The van der Waals surface area contributed by atoms with Crippen LogP contribution in [0.1, 0.15) is 72.1 Å². The number of nitrogens with zero attached hydrogens (tertiary/aromatic N) is 2. The molecule has 2 aliphatic heterocycles. The predicted octanol–water partition coefficient (Wildman–Crippen LogP) is 5.25. The highest BCUT2D eigenvalue weighted by atomic mass is 16.1. The number of carbonyl (C=O) groups is 1. The Morgan fingerprint density at radius 2 is 1.74 bits per heavy atom. The fourth-order valence-corrected chi connectivity index (χ4v) is 6.51. The Kier molecular flexibility index (Phi) is 6.62. The summed E-state index contributed by atoms with van der Waals surface area (Å²) in [5.74, 6) is 0.0786. The fourth-order valence-electron chi connectivity index (χ4n) is 6.51. The van der Waals surface area contributed by atoms with Gasteiger partial charge in [0.15, 0.2) is 0 Å². The second-order valence-electron chi connectivity index (χ2n) is 10.9. The minimum atomic E-state index is 0.0786. The Bertz CT molecular complexity index is 1160. The van der Waals surface area contributed by atoms with Gasteiger partial charge in [-0.15, -0.1) is 0 Å². The van der Waals surface area contributed by atoms with Gasteiger partial charge in [-0.3, -0.25) is 9.69 Å². The van der Waals surface area contributed by atoms with E-state index in [1.54, 1.807) is 0 Å². The zero-order valence-corrected chi connectivity index (χ0v) is 20.8. The summed E-state index contributed by atoms with van der Waals surface area (Å²) in [4.78, 5) is 22.0. The number of aromatic nitrogens is 1. The summed E-state index contributed by atoms with van der Waals surface area (Å²) < 4.78 is 0. The van der Waals surface area contributed by atoms with E-state index < -0.39 is 0 Å². The van der Waals surface area contributed by atoms with Gasteiger partial charge < -0.3 is 15.2 Å². The van der Waals surface area contributed by atoms with E-state index in [2.05, 4.69) is 62.6 Å². The van der Waals surface area contributed by atoms with Crippen LogP contribution in [0.2, 0.25) is 0 Å². The first-order valence-corrected chi connectivity index (χ1v) is 13.7. The van der Waals surface area contributed by atoms with Crippen LogP contribution in [0.4, 0.5) is 0 Å². The third-order valence-corrected chi connectivity index (χ3v) is 8.52. The summed E-state index contributed by atoms with van der Waals surface area (Å²) in [6, 6.07) is 18.0. The number of likely N-dealkylation sites (tertiary alicyclic amines) is 1. The Morgan fingerprint density at radius 3 is 2.54 bits per heavy atom. The molecule has 2 N–H and O–H groups in total. The zero-order valence-electron chi connectivity index (χ0n) is 20.8. The SMILES string of the molecule is O=C(NC1CCN(C2CCCCC2)CC1)c1ccc2[nH]c3c(c2c1)CN(Cc1ccccc1)CC3. The Hall–Kier alpha value is -2.63. The van der Waals surface area contributed by atoms with E-state index in [9.17, 15) is 4.79 Å². The van der Waals surface area contributed by atoms with Crippen LogP contribution < -0.4 is 5.32 Å². The van der Waals surface area contributed by atoms with Gasteiger partial charge >= 0.3 is 0 Å². The number of nitrogens with one attached hydrogen (secondary N) is 2. The van der Waals surface area contributed by atoms with Crippen LogP contribution in [-0.4, -0.2) is 52.4 Å². The molecule has 5 heteroatoms. The molecular formula is C30H38N4O. The number of carbonyl (C=O) groups excluding carboxylic acids is 1. The lowest BCUT2D eigenvalue weighted by atomic mass is 9.92. The van der Waals surface area contributed by atoms with Crippen molar-refractivity contribution in [3.8, 4) is 0 Å². The number of hydrogen-bond donors (Lipinski definition) is 2. The maximum absolute atomic E-state index is 13.2. The molecule has 0 atom stereocenters. The van der Waals surface area contributed by atoms with E-state index in [0.29, 0.717) is 6.04 Å². The number of hydrogen-bond acceptors (Lipinski definition) is 3. The molecular weight excluding hydrogens is 432 g/mol. The molecule has 0 spiro atoms. The molecule has 3 heterocycles. The number of piperidine rings is 1. The van der Waals surface area contributed by atoms with Crippen molar-refractivity contribution < 1.29 is 4.79 Å². The third kappa shape index (κ3) is 5.03. The molecule has 0 bridgehead atoms. The first kappa shape index (κ1) is 22.8. The van der Waals surface area contributed by atoms with E-state index in [-0.39, 0.29) is 5.91 Å². The second kappa shape index (κ2) is 10.2. The maximum Gasteiger partial charge on any atom is 0.251 e. The molecule has 1 saturated carbocycles. The van der Waals surface area contributed by atoms with Gasteiger partial charge in [0.05, 0.1) is 0 Å². The molecule has 35 heavy (non-hydrogen) atoms. The molecule has 1 saturated heterocycles. The lowest BCUT2D eigenvalue weighted by molar-refractivity contribution is 0.0865. The number of aromatic amines is 1. The fraction of sp³-hybridized carbons (Fsp3) is 0.500. The standard InChI is InChI=1S/C30H38N4O/c35-30(31-24-13-17-34(18-14-24)25-9-5-2-6-10-25)23-11-12-28-26(19-23)27-21-33(16-15-29(27)32-28)20-22-7-3-1-4-8-22/h1,3-4,7-8,11-12,19,24-25,32H,2,5-6,9-10,13-18,20-21H2,(H,31,35). The lowest BCUT2D eigenvalue weighted by Crippen LogP contribution is -2.48. The summed E-state index contributed by atoms with van der Waals surface area (Å²) >= 11 is 0. The number of benzene rings is 2. The van der Waals surface area contributed by atoms with Crippen LogP contribution in [0.15, 0.2) is 48.5 Å². The number of fused-ring (bicyclic) bond motifs is 3. The summed E-state index contributed by atoms with van der Waals surface area (Å²) in [6.45, 7) is 5.19. The summed E-state index contributed by atoms with van der Waals surface area (Å²) in [7, 11) is 0. The van der Waals surface area contributed by atoms with E-state index in [1.165, 1.54) is 54.3 Å². The molecule has 184 valence electrons. The van der Waals surface area contributed by atoms with Crippen molar-refractivity contribution in [3.05, 3.63) is 70.9 Å². The van der Waals surface area contributed by atoms with E-state index >= 15 is 0 Å². The topological polar surface area (TPSA) is 51.4 Å². The average molecular weight is 471 g/mol. The first-order chi connectivity index (χ1) is 17.2. The van der Waals surface area contributed by atoms with Crippen LogP contribution in [0.5, 0.6) is 0 Å². The van der Waals surface area contributed by atoms with Crippen molar-refractivity contribution in [1.82, 2.24) is 20.1 Å². The first-order valence-electron chi connectivity index (χ1n) is 13.7. The molecule has 1 amide bonds. The van der Waals surface area contributed by atoms with Crippen LogP contribution in [-0.2, 0) is 19.5 Å². The minimum absolute atomic E-state index is 0.0786. The van der Waals surface area contributed by atoms with E-state index in [1.807, 2.05) is 6.07 Å². The molecule has 5 nitrogen and oxygen atoms in total. The molecule has 1 aliphatic carbocycles. The van der Waals surface area contributed by atoms with Gasteiger partial charge in [-0.05, 0) is 55.0 Å². The molecule has 3 aliphatic rings. The quantitative estimate of drug-likeness (QED) is 0.535. The van der Waals surface area contributed by atoms with Gasteiger partial charge in [0.25, 0.3) is 5.91 Å². The normalized spacial score (nSPS) is 20.7. The smallest absolute Gasteiger partial charge is 0.251 e. The number of H-pyrrole nitrogens is 1. The monoisotopic (exact) mass is 470 g/mol.